The van der Waals surface area contributed by atoms with Crippen LogP contribution in [0.4, 0.5) is 4.39 Å². The van der Waals surface area contributed by atoms with E-state index in [1.807, 2.05) is 0 Å². The molecule has 8 heteroatoms. The summed E-state index contributed by atoms with van der Waals surface area (Å²) in [7, 11) is -3.54. The topological polar surface area (TPSA) is 46.6 Å². The van der Waals surface area contributed by atoms with E-state index >= 15 is 0 Å². The highest BCUT2D eigenvalue weighted by atomic mass is 35.5. The maximum atomic E-state index is 13.1. The first-order chi connectivity index (χ1) is 11.8. The molecule has 0 spiro atoms. The molecule has 1 fully saturated rings. The zero-order valence-electron chi connectivity index (χ0n) is 13.2. The lowest BCUT2D eigenvalue weighted by Gasteiger charge is -2.32. The molecule has 4 nitrogen and oxygen atoms in total. The predicted octanol–water partition coefficient (Wildman–Crippen LogP) is 4.04. The van der Waals surface area contributed by atoms with Crippen LogP contribution >= 0.6 is 23.2 Å². The molecule has 1 atom stereocenters. The summed E-state index contributed by atoms with van der Waals surface area (Å²) in [5.41, 5.74) is 1.31. The zero-order valence-corrected chi connectivity index (χ0v) is 15.5. The Balaban J connectivity index is 1.75. The van der Waals surface area contributed by atoms with Crippen molar-refractivity contribution in [3.8, 4) is 0 Å². The normalized spacial score (nSPS) is 19.1. The van der Waals surface area contributed by atoms with Gasteiger partial charge in [-0.25, -0.2) is 12.8 Å². The lowest BCUT2D eigenvalue weighted by molar-refractivity contribution is -0.00263. The number of benzene rings is 2. The SMILES string of the molecule is O=S(=O)(Cc1ccc(Cl)c(Cl)c1)N1CCOC(c2ccc(F)cc2)C1. The van der Waals surface area contributed by atoms with E-state index in [-0.39, 0.29) is 31.3 Å². The number of nitrogens with zero attached hydrogens (tertiary/aromatic N) is 1. The summed E-state index contributed by atoms with van der Waals surface area (Å²) in [6.07, 6.45) is -0.419. The Morgan fingerprint density at radius 1 is 1.12 bits per heavy atom. The molecule has 0 N–H and O–H groups in total. The van der Waals surface area contributed by atoms with Crippen molar-refractivity contribution in [3.63, 3.8) is 0 Å². The minimum atomic E-state index is -3.54. The molecule has 2 aromatic carbocycles. The van der Waals surface area contributed by atoms with Gasteiger partial charge in [-0.15, -0.1) is 0 Å². The van der Waals surface area contributed by atoms with Crippen LogP contribution in [0, 0.1) is 5.82 Å². The maximum absolute atomic E-state index is 13.1. The second-order valence-corrected chi connectivity index (χ2v) is 8.56. The Labute approximate surface area is 156 Å². The Morgan fingerprint density at radius 2 is 1.84 bits per heavy atom. The first-order valence-electron chi connectivity index (χ1n) is 7.64. The van der Waals surface area contributed by atoms with Crippen molar-refractivity contribution in [2.45, 2.75) is 11.9 Å². The third-order valence-electron chi connectivity index (χ3n) is 4.00. The quantitative estimate of drug-likeness (QED) is 0.773. The zero-order chi connectivity index (χ0) is 18.0. The van der Waals surface area contributed by atoms with E-state index < -0.39 is 16.1 Å². The molecule has 1 heterocycles. The Kier molecular flexibility index (Phi) is 5.65. The standard InChI is InChI=1S/C17H16Cl2FNO3S/c18-15-6-1-12(9-16(15)19)11-25(22,23)21-7-8-24-17(10-21)13-2-4-14(20)5-3-13/h1-6,9,17H,7-8,10-11H2. The van der Waals surface area contributed by atoms with Crippen LogP contribution in [0.15, 0.2) is 42.5 Å². The summed E-state index contributed by atoms with van der Waals surface area (Å²) in [6.45, 7) is 0.749. The van der Waals surface area contributed by atoms with Crippen molar-refractivity contribution in [2.24, 2.45) is 0 Å². The Hall–Kier alpha value is -1.18. The molecule has 1 aliphatic rings. The lowest BCUT2D eigenvalue weighted by Crippen LogP contribution is -2.42. The van der Waals surface area contributed by atoms with Gasteiger partial charge in [0.25, 0.3) is 0 Å². The van der Waals surface area contributed by atoms with Gasteiger partial charge >= 0.3 is 0 Å². The van der Waals surface area contributed by atoms with Crippen molar-refractivity contribution >= 4 is 33.2 Å². The van der Waals surface area contributed by atoms with Gasteiger partial charge in [0.05, 0.1) is 28.5 Å². The largest absolute Gasteiger partial charge is 0.371 e. The number of morpholine rings is 1. The summed E-state index contributed by atoms with van der Waals surface area (Å²) < 4.78 is 45.5. The molecule has 2 aromatic rings. The highest BCUT2D eigenvalue weighted by molar-refractivity contribution is 7.88. The van der Waals surface area contributed by atoms with Gasteiger partial charge in [-0.05, 0) is 35.4 Å². The molecule has 1 saturated heterocycles. The van der Waals surface area contributed by atoms with E-state index in [9.17, 15) is 12.8 Å². The van der Waals surface area contributed by atoms with Gasteiger partial charge in [0, 0.05) is 13.1 Å². The first-order valence-corrected chi connectivity index (χ1v) is 10.0. The molecule has 0 bridgehead atoms. The van der Waals surface area contributed by atoms with Crippen LogP contribution in [0.3, 0.4) is 0 Å². The molecule has 1 unspecified atom stereocenters. The minimum absolute atomic E-state index is 0.167. The van der Waals surface area contributed by atoms with Gasteiger partial charge in [0.15, 0.2) is 0 Å². The molecule has 0 saturated carbocycles. The third kappa shape index (κ3) is 4.51. The van der Waals surface area contributed by atoms with E-state index in [1.54, 1.807) is 30.3 Å². The third-order valence-corrected chi connectivity index (χ3v) is 6.55. The number of halogens is 3. The first kappa shape index (κ1) is 18.6. The minimum Gasteiger partial charge on any atom is -0.371 e. The Morgan fingerprint density at radius 3 is 2.52 bits per heavy atom. The van der Waals surface area contributed by atoms with Crippen LogP contribution < -0.4 is 0 Å². The smallest absolute Gasteiger partial charge is 0.218 e. The van der Waals surface area contributed by atoms with Crippen molar-refractivity contribution < 1.29 is 17.5 Å². The fourth-order valence-corrected chi connectivity index (χ4v) is 4.51. The number of rotatable bonds is 4. The molecular weight excluding hydrogens is 388 g/mol. The molecular formula is C17H16Cl2FNO3S. The highest BCUT2D eigenvalue weighted by Crippen LogP contribution is 2.27. The second-order valence-electron chi connectivity index (χ2n) is 5.77. The van der Waals surface area contributed by atoms with E-state index in [2.05, 4.69) is 0 Å². The van der Waals surface area contributed by atoms with Crippen molar-refractivity contribution in [1.29, 1.82) is 0 Å². The fraction of sp³-hybridized carbons (Fsp3) is 0.294. The van der Waals surface area contributed by atoms with Crippen molar-refractivity contribution in [3.05, 3.63) is 69.5 Å². The van der Waals surface area contributed by atoms with Gasteiger partial charge in [-0.1, -0.05) is 41.4 Å². The average Bonchev–Trinajstić information content (AvgIpc) is 2.59. The van der Waals surface area contributed by atoms with E-state index in [1.165, 1.54) is 16.4 Å². The Bertz CT molecular complexity index is 859. The van der Waals surface area contributed by atoms with Gasteiger partial charge in [-0.3, -0.25) is 0 Å². The van der Waals surface area contributed by atoms with E-state index in [4.69, 9.17) is 27.9 Å². The molecule has 25 heavy (non-hydrogen) atoms. The highest BCUT2D eigenvalue weighted by Gasteiger charge is 2.30. The summed E-state index contributed by atoms with van der Waals surface area (Å²) in [6, 6.07) is 10.7. The maximum Gasteiger partial charge on any atom is 0.218 e. The molecule has 3 rings (SSSR count). The molecule has 0 amide bonds. The number of ether oxygens (including phenoxy) is 1. The van der Waals surface area contributed by atoms with Crippen LogP contribution in [-0.4, -0.2) is 32.4 Å². The van der Waals surface area contributed by atoms with Crippen LogP contribution in [-0.2, 0) is 20.5 Å². The van der Waals surface area contributed by atoms with Crippen molar-refractivity contribution in [2.75, 3.05) is 19.7 Å². The van der Waals surface area contributed by atoms with Crippen molar-refractivity contribution in [1.82, 2.24) is 4.31 Å². The molecule has 1 aliphatic heterocycles. The van der Waals surface area contributed by atoms with Gasteiger partial charge < -0.3 is 4.74 Å². The van der Waals surface area contributed by atoms with Crippen LogP contribution in [0.1, 0.15) is 17.2 Å². The summed E-state index contributed by atoms with van der Waals surface area (Å²) in [5.74, 6) is -0.510. The van der Waals surface area contributed by atoms with E-state index in [0.717, 1.165) is 5.56 Å². The fourth-order valence-electron chi connectivity index (χ4n) is 2.69. The number of hydrogen-bond donors (Lipinski definition) is 0. The summed E-state index contributed by atoms with van der Waals surface area (Å²) in [4.78, 5) is 0. The number of sulfonamides is 1. The lowest BCUT2D eigenvalue weighted by atomic mass is 10.1. The summed E-state index contributed by atoms with van der Waals surface area (Å²) >= 11 is 11.8. The monoisotopic (exact) mass is 403 g/mol. The van der Waals surface area contributed by atoms with E-state index in [0.29, 0.717) is 15.6 Å². The summed E-state index contributed by atoms with van der Waals surface area (Å²) in [5, 5.41) is 0.700. The second kappa shape index (κ2) is 7.60. The molecule has 134 valence electrons. The molecule has 0 radical (unpaired) electrons. The predicted molar refractivity (Wildman–Crippen MR) is 95.8 cm³/mol. The number of hydrogen-bond acceptors (Lipinski definition) is 3. The van der Waals surface area contributed by atoms with Crippen LogP contribution in [0.25, 0.3) is 0 Å². The van der Waals surface area contributed by atoms with Crippen LogP contribution in [0.5, 0.6) is 0 Å². The van der Waals surface area contributed by atoms with Crippen LogP contribution in [0.2, 0.25) is 10.0 Å². The van der Waals surface area contributed by atoms with Gasteiger partial charge in [0.1, 0.15) is 5.82 Å². The average molecular weight is 404 g/mol. The van der Waals surface area contributed by atoms with Gasteiger partial charge in [-0.2, -0.15) is 4.31 Å². The molecule has 0 aromatic heterocycles. The molecule has 0 aliphatic carbocycles. The van der Waals surface area contributed by atoms with Gasteiger partial charge in [0.2, 0.25) is 10.0 Å².